The summed E-state index contributed by atoms with van der Waals surface area (Å²) in [5.74, 6) is 5.20. The molecular formula is C36H54O2. The fourth-order valence-electron chi connectivity index (χ4n) is 9.89. The summed E-state index contributed by atoms with van der Waals surface area (Å²) in [6.07, 6.45) is 18.4. The van der Waals surface area contributed by atoms with E-state index in [2.05, 4.69) is 52.8 Å². The Hall–Kier alpha value is -1.57. The Kier molecular flexibility index (Phi) is 8.47. The van der Waals surface area contributed by atoms with Crippen molar-refractivity contribution in [2.24, 2.45) is 46.3 Å². The van der Waals surface area contributed by atoms with E-state index in [9.17, 15) is 4.79 Å². The maximum Gasteiger partial charge on any atom is 0.306 e. The predicted octanol–water partition coefficient (Wildman–Crippen LogP) is 9.57. The minimum absolute atomic E-state index is 0.0234. The molecule has 0 amide bonds. The standard InChI is InChI=1S/C36H54O2/c1-25(2)10-9-11-26(3)31-17-18-32-30-16-15-28-24-29(38-34(37)19-14-27-12-7-6-8-13-27)20-22-35(28,4)33(30)21-23-36(31,32)5/h6-8,12-13,15,25-26,29-33H,9-11,14,16-24H2,1-5H3/t26-,29+,30+,31+,32-,33+,35+,36-/m1/s1. The minimum atomic E-state index is -0.0234. The number of rotatable bonds is 9. The largest absolute Gasteiger partial charge is 0.462 e. The molecule has 3 fully saturated rings. The predicted molar refractivity (Wildman–Crippen MR) is 158 cm³/mol. The highest BCUT2D eigenvalue weighted by atomic mass is 16.5. The fraction of sp³-hybridized carbons (Fsp3) is 0.750. The number of hydrogen-bond acceptors (Lipinski definition) is 2. The van der Waals surface area contributed by atoms with Crippen LogP contribution in [0.4, 0.5) is 0 Å². The highest BCUT2D eigenvalue weighted by molar-refractivity contribution is 5.70. The molecule has 2 heteroatoms. The first-order valence-corrected chi connectivity index (χ1v) is 16.1. The summed E-state index contributed by atoms with van der Waals surface area (Å²) in [5.41, 5.74) is 3.69. The van der Waals surface area contributed by atoms with E-state index in [0.29, 0.717) is 17.3 Å². The number of ether oxygens (including phenoxy) is 1. The van der Waals surface area contributed by atoms with Gasteiger partial charge < -0.3 is 4.74 Å². The first kappa shape index (κ1) is 28.0. The van der Waals surface area contributed by atoms with Gasteiger partial charge in [0.25, 0.3) is 0 Å². The van der Waals surface area contributed by atoms with Crippen LogP contribution in [0.3, 0.4) is 0 Å². The molecule has 1 aromatic carbocycles. The number of aryl methyl sites for hydroxylation is 1. The molecule has 0 bridgehead atoms. The van der Waals surface area contributed by atoms with Crippen molar-refractivity contribution in [3.05, 3.63) is 47.5 Å². The van der Waals surface area contributed by atoms with E-state index in [1.165, 1.54) is 63.4 Å². The molecule has 4 aliphatic carbocycles. The van der Waals surface area contributed by atoms with Crippen LogP contribution >= 0.6 is 0 Å². The first-order chi connectivity index (χ1) is 18.2. The molecule has 2 nitrogen and oxygen atoms in total. The number of esters is 1. The van der Waals surface area contributed by atoms with Crippen molar-refractivity contribution < 1.29 is 9.53 Å². The fourth-order valence-corrected chi connectivity index (χ4v) is 9.89. The lowest BCUT2D eigenvalue weighted by Crippen LogP contribution is -2.51. The van der Waals surface area contributed by atoms with E-state index in [1.807, 2.05) is 18.2 Å². The average Bonchev–Trinajstić information content (AvgIpc) is 3.25. The molecule has 0 N–H and O–H groups in total. The lowest BCUT2D eigenvalue weighted by atomic mass is 9.47. The molecule has 8 atom stereocenters. The van der Waals surface area contributed by atoms with Crippen LogP contribution in [0.25, 0.3) is 0 Å². The SMILES string of the molecule is CC(C)CCC[C@@H](C)[C@@H]1CC[C@@H]2[C@@H]3CC=C4C[C@@H](OC(=O)CCc5ccccc5)CC[C@]4(C)[C@H]3CC[C@@]21C. The zero-order valence-electron chi connectivity index (χ0n) is 25.0. The number of benzene rings is 1. The van der Waals surface area contributed by atoms with Gasteiger partial charge in [-0.15, -0.1) is 0 Å². The second-order valence-electron chi connectivity index (χ2n) is 14.6. The Bertz CT molecular complexity index is 978. The summed E-state index contributed by atoms with van der Waals surface area (Å²) >= 11 is 0. The van der Waals surface area contributed by atoms with E-state index in [-0.39, 0.29) is 12.1 Å². The summed E-state index contributed by atoms with van der Waals surface area (Å²) in [7, 11) is 0. The second kappa shape index (κ2) is 11.5. The number of carbonyl (C=O) groups excluding carboxylic acids is 1. The van der Waals surface area contributed by atoms with Gasteiger partial charge in [-0.25, -0.2) is 0 Å². The summed E-state index contributed by atoms with van der Waals surface area (Å²) in [6, 6.07) is 10.3. The van der Waals surface area contributed by atoms with Crippen molar-refractivity contribution in [3.8, 4) is 0 Å². The third-order valence-corrected chi connectivity index (χ3v) is 12.0. The highest BCUT2D eigenvalue weighted by Gasteiger charge is 2.59. The number of fused-ring (bicyclic) bond motifs is 5. The Morgan fingerprint density at radius 1 is 0.974 bits per heavy atom. The van der Waals surface area contributed by atoms with Gasteiger partial charge in [0.05, 0.1) is 0 Å². The van der Waals surface area contributed by atoms with Crippen molar-refractivity contribution in [3.63, 3.8) is 0 Å². The van der Waals surface area contributed by atoms with Gasteiger partial charge in [0.15, 0.2) is 0 Å². The van der Waals surface area contributed by atoms with Gasteiger partial charge in [-0.1, -0.05) is 95.9 Å². The molecule has 4 aliphatic rings. The van der Waals surface area contributed by atoms with Crippen LogP contribution < -0.4 is 0 Å². The summed E-state index contributed by atoms with van der Waals surface area (Å²) in [5, 5.41) is 0. The third-order valence-electron chi connectivity index (χ3n) is 12.0. The molecule has 0 unspecified atom stereocenters. The molecular weight excluding hydrogens is 464 g/mol. The van der Waals surface area contributed by atoms with E-state index < -0.39 is 0 Å². The molecule has 5 rings (SSSR count). The number of allylic oxidation sites excluding steroid dienone is 1. The maximum atomic E-state index is 12.7. The molecule has 3 saturated carbocycles. The van der Waals surface area contributed by atoms with Crippen LogP contribution in [-0.4, -0.2) is 12.1 Å². The van der Waals surface area contributed by atoms with Crippen LogP contribution in [0.2, 0.25) is 0 Å². The van der Waals surface area contributed by atoms with Crippen molar-refractivity contribution >= 4 is 5.97 Å². The van der Waals surface area contributed by atoms with Crippen molar-refractivity contribution in [1.82, 2.24) is 0 Å². The van der Waals surface area contributed by atoms with Crippen LogP contribution in [0.1, 0.15) is 117 Å². The van der Waals surface area contributed by atoms with Crippen LogP contribution in [0, 0.1) is 46.3 Å². The van der Waals surface area contributed by atoms with Gasteiger partial charge in [-0.3, -0.25) is 4.79 Å². The molecule has 0 aliphatic heterocycles. The lowest BCUT2D eigenvalue weighted by Gasteiger charge is -2.58. The van der Waals surface area contributed by atoms with Gasteiger partial charge in [-0.05, 0) is 103 Å². The van der Waals surface area contributed by atoms with Gasteiger partial charge in [0, 0.05) is 12.8 Å². The smallest absolute Gasteiger partial charge is 0.306 e. The Balaban J connectivity index is 1.19. The highest BCUT2D eigenvalue weighted by Crippen LogP contribution is 2.67. The Morgan fingerprint density at radius 2 is 1.76 bits per heavy atom. The van der Waals surface area contributed by atoms with Gasteiger partial charge in [0.2, 0.25) is 0 Å². The topological polar surface area (TPSA) is 26.3 Å². The van der Waals surface area contributed by atoms with E-state index in [0.717, 1.165) is 54.8 Å². The Labute approximate surface area is 233 Å². The molecule has 0 aromatic heterocycles. The van der Waals surface area contributed by atoms with Crippen molar-refractivity contribution in [2.75, 3.05) is 0 Å². The van der Waals surface area contributed by atoms with Crippen molar-refractivity contribution in [2.45, 2.75) is 124 Å². The van der Waals surface area contributed by atoms with E-state index in [4.69, 9.17) is 4.74 Å². The average molecular weight is 519 g/mol. The quantitative estimate of drug-likeness (QED) is 0.240. The van der Waals surface area contributed by atoms with Crippen molar-refractivity contribution in [1.29, 1.82) is 0 Å². The third kappa shape index (κ3) is 5.53. The van der Waals surface area contributed by atoms with E-state index in [1.54, 1.807) is 5.57 Å². The zero-order valence-corrected chi connectivity index (χ0v) is 25.0. The normalized spacial score (nSPS) is 37.1. The lowest BCUT2D eigenvalue weighted by molar-refractivity contribution is -0.151. The number of hydrogen-bond donors (Lipinski definition) is 0. The Morgan fingerprint density at radius 3 is 2.53 bits per heavy atom. The summed E-state index contributed by atoms with van der Waals surface area (Å²) in [6.45, 7) is 12.6. The van der Waals surface area contributed by atoms with Crippen LogP contribution in [0.15, 0.2) is 42.0 Å². The first-order valence-electron chi connectivity index (χ1n) is 16.1. The van der Waals surface area contributed by atoms with Gasteiger partial charge in [-0.2, -0.15) is 0 Å². The second-order valence-corrected chi connectivity index (χ2v) is 14.6. The molecule has 1 aromatic rings. The monoisotopic (exact) mass is 518 g/mol. The number of carbonyl (C=O) groups is 1. The maximum absolute atomic E-state index is 12.7. The minimum Gasteiger partial charge on any atom is -0.462 e. The summed E-state index contributed by atoms with van der Waals surface area (Å²) in [4.78, 5) is 12.7. The van der Waals surface area contributed by atoms with Crippen LogP contribution in [0.5, 0.6) is 0 Å². The molecule has 0 heterocycles. The molecule has 0 radical (unpaired) electrons. The molecule has 0 spiro atoms. The molecule has 38 heavy (non-hydrogen) atoms. The van der Waals surface area contributed by atoms with E-state index >= 15 is 0 Å². The molecule has 0 saturated heterocycles. The summed E-state index contributed by atoms with van der Waals surface area (Å²) < 4.78 is 6.04. The van der Waals surface area contributed by atoms with Gasteiger partial charge in [0.1, 0.15) is 6.10 Å². The molecule has 210 valence electrons. The van der Waals surface area contributed by atoms with Crippen LogP contribution in [-0.2, 0) is 16.0 Å². The zero-order chi connectivity index (χ0) is 26.9. The van der Waals surface area contributed by atoms with Gasteiger partial charge >= 0.3 is 5.97 Å².